The van der Waals surface area contributed by atoms with Gasteiger partial charge in [-0.3, -0.25) is 10.1 Å². The van der Waals surface area contributed by atoms with E-state index in [2.05, 4.69) is 5.32 Å². The lowest BCUT2D eigenvalue weighted by Crippen LogP contribution is -2.52. The van der Waals surface area contributed by atoms with Gasteiger partial charge < -0.3 is 9.84 Å². The second-order valence-electron chi connectivity index (χ2n) is 3.08. The molecule has 4 heteroatoms. The lowest BCUT2D eigenvalue weighted by molar-refractivity contribution is -0.140. The SMILES string of the molecule is CCCC(NC1COC1)C(=O)O. The maximum Gasteiger partial charge on any atom is 0.320 e. The van der Waals surface area contributed by atoms with Gasteiger partial charge in [0.15, 0.2) is 0 Å². The quantitative estimate of drug-likeness (QED) is 0.624. The summed E-state index contributed by atoms with van der Waals surface area (Å²) in [6, 6.07) is -0.151. The maximum absolute atomic E-state index is 10.7. The Morgan fingerprint density at radius 3 is 2.75 bits per heavy atom. The first-order chi connectivity index (χ1) is 5.74. The van der Waals surface area contributed by atoms with Gasteiger partial charge in [0.25, 0.3) is 0 Å². The molecule has 0 radical (unpaired) electrons. The van der Waals surface area contributed by atoms with E-state index >= 15 is 0 Å². The summed E-state index contributed by atoms with van der Waals surface area (Å²) in [5.41, 5.74) is 0. The van der Waals surface area contributed by atoms with Gasteiger partial charge in [-0.2, -0.15) is 0 Å². The first-order valence-electron chi connectivity index (χ1n) is 4.30. The van der Waals surface area contributed by atoms with Crippen molar-refractivity contribution in [1.29, 1.82) is 0 Å². The zero-order valence-electron chi connectivity index (χ0n) is 7.25. The summed E-state index contributed by atoms with van der Waals surface area (Å²) in [5, 5.41) is 11.8. The van der Waals surface area contributed by atoms with Crippen LogP contribution in [0.15, 0.2) is 0 Å². The largest absolute Gasteiger partial charge is 0.480 e. The molecule has 1 fully saturated rings. The van der Waals surface area contributed by atoms with Gasteiger partial charge in [-0.05, 0) is 6.42 Å². The van der Waals surface area contributed by atoms with E-state index in [1.807, 2.05) is 6.92 Å². The Balaban J connectivity index is 2.26. The first kappa shape index (κ1) is 9.48. The third-order valence-corrected chi connectivity index (χ3v) is 1.95. The van der Waals surface area contributed by atoms with Gasteiger partial charge in [-0.25, -0.2) is 0 Å². The number of rotatable bonds is 5. The van der Waals surface area contributed by atoms with Gasteiger partial charge in [0.1, 0.15) is 6.04 Å². The Labute approximate surface area is 71.9 Å². The van der Waals surface area contributed by atoms with E-state index in [0.717, 1.165) is 6.42 Å². The average molecular weight is 173 g/mol. The van der Waals surface area contributed by atoms with Crippen LogP contribution < -0.4 is 5.32 Å². The van der Waals surface area contributed by atoms with E-state index < -0.39 is 12.0 Å². The summed E-state index contributed by atoms with van der Waals surface area (Å²) in [6.45, 7) is 3.27. The monoisotopic (exact) mass is 173 g/mol. The fourth-order valence-corrected chi connectivity index (χ4v) is 1.18. The summed E-state index contributed by atoms with van der Waals surface area (Å²) in [7, 11) is 0. The van der Waals surface area contributed by atoms with Crippen LogP contribution in [0, 0.1) is 0 Å². The van der Waals surface area contributed by atoms with Crippen LogP contribution in [-0.4, -0.2) is 36.4 Å². The number of ether oxygens (including phenoxy) is 1. The molecule has 0 aromatic heterocycles. The molecule has 1 atom stereocenters. The van der Waals surface area contributed by atoms with Crippen LogP contribution in [0.25, 0.3) is 0 Å². The van der Waals surface area contributed by atoms with Crippen LogP contribution in [0.2, 0.25) is 0 Å². The van der Waals surface area contributed by atoms with E-state index in [4.69, 9.17) is 9.84 Å². The van der Waals surface area contributed by atoms with Crippen LogP contribution >= 0.6 is 0 Å². The van der Waals surface area contributed by atoms with Gasteiger partial charge >= 0.3 is 5.97 Å². The number of nitrogens with one attached hydrogen (secondary N) is 1. The van der Waals surface area contributed by atoms with Crippen molar-refractivity contribution in [2.75, 3.05) is 13.2 Å². The van der Waals surface area contributed by atoms with E-state index in [9.17, 15) is 4.79 Å². The third kappa shape index (κ3) is 2.46. The minimum atomic E-state index is -0.760. The van der Waals surface area contributed by atoms with Crippen LogP contribution in [0.1, 0.15) is 19.8 Å². The molecule has 0 bridgehead atoms. The van der Waals surface area contributed by atoms with Crippen molar-refractivity contribution < 1.29 is 14.6 Å². The highest BCUT2D eigenvalue weighted by Gasteiger charge is 2.25. The van der Waals surface area contributed by atoms with E-state index in [1.165, 1.54) is 0 Å². The zero-order valence-corrected chi connectivity index (χ0v) is 7.25. The molecule has 1 rings (SSSR count). The minimum absolute atomic E-state index is 0.248. The molecule has 0 aromatic rings. The molecule has 0 spiro atoms. The number of carbonyl (C=O) groups is 1. The molecule has 0 saturated carbocycles. The Hall–Kier alpha value is -0.610. The van der Waals surface area contributed by atoms with Crippen molar-refractivity contribution in [1.82, 2.24) is 5.32 Å². The Morgan fingerprint density at radius 2 is 2.42 bits per heavy atom. The highest BCUT2D eigenvalue weighted by atomic mass is 16.5. The summed E-state index contributed by atoms with van der Waals surface area (Å²) in [4.78, 5) is 10.7. The number of hydrogen-bond acceptors (Lipinski definition) is 3. The zero-order chi connectivity index (χ0) is 8.97. The normalized spacial score (nSPS) is 20.1. The smallest absolute Gasteiger partial charge is 0.320 e. The van der Waals surface area contributed by atoms with E-state index in [-0.39, 0.29) is 6.04 Å². The van der Waals surface area contributed by atoms with Crippen LogP contribution in [0.4, 0.5) is 0 Å². The van der Waals surface area contributed by atoms with Gasteiger partial charge in [-0.15, -0.1) is 0 Å². The molecule has 1 aliphatic heterocycles. The van der Waals surface area contributed by atoms with Crippen LogP contribution in [0.5, 0.6) is 0 Å². The highest BCUT2D eigenvalue weighted by Crippen LogP contribution is 2.04. The van der Waals surface area contributed by atoms with Crippen molar-refractivity contribution in [3.05, 3.63) is 0 Å². The molecular weight excluding hydrogens is 158 g/mol. The molecule has 1 saturated heterocycles. The summed E-state index contributed by atoms with van der Waals surface area (Å²) in [6.07, 6.45) is 1.57. The van der Waals surface area contributed by atoms with Crippen molar-refractivity contribution >= 4 is 5.97 Å². The van der Waals surface area contributed by atoms with Gasteiger partial charge in [0.2, 0.25) is 0 Å². The van der Waals surface area contributed by atoms with Crippen LogP contribution in [0.3, 0.4) is 0 Å². The summed E-state index contributed by atoms with van der Waals surface area (Å²) < 4.78 is 4.94. The van der Waals surface area contributed by atoms with Gasteiger partial charge in [0, 0.05) is 0 Å². The van der Waals surface area contributed by atoms with Crippen molar-refractivity contribution in [3.8, 4) is 0 Å². The standard InChI is InChI=1S/C8H15NO3/c1-2-3-7(8(10)11)9-6-4-12-5-6/h6-7,9H,2-5H2,1H3,(H,10,11). The fraction of sp³-hybridized carbons (Fsp3) is 0.875. The summed E-state index contributed by atoms with van der Waals surface area (Å²) >= 11 is 0. The molecule has 1 unspecified atom stereocenters. The summed E-state index contributed by atoms with van der Waals surface area (Å²) in [5.74, 6) is -0.760. The topological polar surface area (TPSA) is 58.6 Å². The molecule has 2 N–H and O–H groups in total. The number of carboxylic acid groups (broad SMARTS) is 1. The Morgan fingerprint density at radius 1 is 1.75 bits per heavy atom. The fourth-order valence-electron chi connectivity index (χ4n) is 1.18. The lowest BCUT2D eigenvalue weighted by Gasteiger charge is -2.29. The van der Waals surface area contributed by atoms with Crippen LogP contribution in [-0.2, 0) is 9.53 Å². The molecule has 0 amide bonds. The van der Waals surface area contributed by atoms with Crippen molar-refractivity contribution in [2.24, 2.45) is 0 Å². The molecule has 1 heterocycles. The Bertz CT molecular complexity index is 156. The molecule has 70 valence electrons. The molecule has 12 heavy (non-hydrogen) atoms. The van der Waals surface area contributed by atoms with E-state index in [0.29, 0.717) is 19.6 Å². The second-order valence-corrected chi connectivity index (χ2v) is 3.08. The molecule has 4 nitrogen and oxygen atoms in total. The van der Waals surface area contributed by atoms with Gasteiger partial charge in [0.05, 0.1) is 19.3 Å². The molecule has 0 aliphatic carbocycles. The second kappa shape index (κ2) is 4.42. The average Bonchev–Trinajstić information content (AvgIpc) is 1.93. The first-order valence-corrected chi connectivity index (χ1v) is 4.30. The van der Waals surface area contributed by atoms with E-state index in [1.54, 1.807) is 0 Å². The third-order valence-electron chi connectivity index (χ3n) is 1.95. The number of hydrogen-bond donors (Lipinski definition) is 2. The number of aliphatic carboxylic acids is 1. The minimum Gasteiger partial charge on any atom is -0.480 e. The maximum atomic E-state index is 10.7. The molecule has 0 aromatic carbocycles. The highest BCUT2D eigenvalue weighted by molar-refractivity contribution is 5.73. The van der Waals surface area contributed by atoms with Crippen molar-refractivity contribution in [2.45, 2.75) is 31.8 Å². The lowest BCUT2D eigenvalue weighted by atomic mass is 10.1. The predicted octanol–water partition coefficient (Wildman–Crippen LogP) is 0.228. The van der Waals surface area contributed by atoms with Crippen molar-refractivity contribution in [3.63, 3.8) is 0 Å². The molecular formula is C8H15NO3. The predicted molar refractivity (Wildman–Crippen MR) is 44.1 cm³/mol. The Kier molecular flexibility index (Phi) is 3.49. The molecule has 1 aliphatic rings. The number of carboxylic acids is 1. The van der Waals surface area contributed by atoms with Gasteiger partial charge in [-0.1, -0.05) is 13.3 Å².